The van der Waals surface area contributed by atoms with Gasteiger partial charge in [0.2, 0.25) is 0 Å². The normalized spacial score (nSPS) is 14.9. The fraction of sp³-hybridized carbons (Fsp3) is 0.560. The molecule has 0 saturated carbocycles. The molecule has 0 aromatic carbocycles. The van der Waals surface area contributed by atoms with E-state index in [1.165, 1.54) is 26.2 Å². The molecule has 3 atom stereocenters. The van der Waals surface area contributed by atoms with Crippen molar-refractivity contribution in [3.63, 3.8) is 0 Å². The summed E-state index contributed by atoms with van der Waals surface area (Å²) in [5.74, 6) is -2.46. The molecule has 0 aliphatic carbocycles. The smallest absolute Gasteiger partial charge is 0.350 e. The van der Waals surface area contributed by atoms with Crippen LogP contribution in [-0.4, -0.2) is 35.2 Å². The molecule has 0 aliphatic rings. The molecule has 0 saturated heterocycles. The predicted molar refractivity (Wildman–Crippen MR) is 123 cm³/mol. The maximum Gasteiger partial charge on any atom is 0.350 e. The Labute approximate surface area is 189 Å². The number of Topliss-reactive ketones (excluding diaryl/α,β-unsaturated/α-hetero) is 1. The molecule has 3 unspecified atom stereocenters. The number of rotatable bonds is 13. The third-order valence-electron chi connectivity index (χ3n) is 5.46. The van der Waals surface area contributed by atoms with E-state index in [1.807, 2.05) is 13.8 Å². The van der Waals surface area contributed by atoms with Gasteiger partial charge in [0.25, 0.3) is 0 Å². The van der Waals surface area contributed by atoms with Crippen molar-refractivity contribution >= 4 is 11.8 Å². The van der Waals surface area contributed by atoms with Gasteiger partial charge in [-0.1, -0.05) is 51.3 Å². The van der Waals surface area contributed by atoms with E-state index in [0.29, 0.717) is 12.8 Å². The Morgan fingerprint density at radius 2 is 1.94 bits per heavy atom. The summed E-state index contributed by atoms with van der Waals surface area (Å²) in [6, 6.07) is 1.27. The molecule has 0 radical (unpaired) electrons. The highest BCUT2D eigenvalue weighted by Gasteiger charge is 2.28. The minimum atomic E-state index is -1.07. The molecule has 1 heterocycles. The summed E-state index contributed by atoms with van der Waals surface area (Å²) in [4.78, 5) is 36.3. The second kappa shape index (κ2) is 13.7. The SMILES string of the molecule is CCCCCC(C)=CC(O)C(C)C(=O)c1c(O)cc(C(C)CC/C=C/C(=O)OC)oc1=O. The number of aliphatic hydroxyl groups is 1. The standard InChI is InChI=1S/C25H36O7/c1-6-7-8-11-16(2)14-19(26)18(4)24(29)23-20(27)15-21(32-25(23)30)17(3)12-9-10-13-22(28)31-5/h10,13-15,17-19,26-27H,6-9,11-12H2,1-5H3/b13-10+,16-14?. The van der Waals surface area contributed by atoms with Gasteiger partial charge in [-0.15, -0.1) is 0 Å². The number of hydrogen-bond acceptors (Lipinski definition) is 7. The fourth-order valence-electron chi connectivity index (χ4n) is 3.26. The van der Waals surface area contributed by atoms with Crippen molar-refractivity contribution in [1.29, 1.82) is 0 Å². The highest BCUT2D eigenvalue weighted by molar-refractivity contribution is 6.00. The number of aliphatic hydroxyl groups excluding tert-OH is 1. The Morgan fingerprint density at radius 3 is 2.53 bits per heavy atom. The fourth-order valence-corrected chi connectivity index (χ4v) is 3.26. The van der Waals surface area contributed by atoms with Gasteiger partial charge in [-0.3, -0.25) is 4.79 Å². The van der Waals surface area contributed by atoms with Crippen LogP contribution in [0.1, 0.15) is 88.3 Å². The monoisotopic (exact) mass is 448 g/mol. The summed E-state index contributed by atoms with van der Waals surface area (Å²) in [5, 5.41) is 20.8. The first-order valence-electron chi connectivity index (χ1n) is 11.1. The van der Waals surface area contributed by atoms with E-state index in [9.17, 15) is 24.6 Å². The summed E-state index contributed by atoms with van der Waals surface area (Å²) in [5.41, 5.74) is -0.396. The van der Waals surface area contributed by atoms with Crippen LogP contribution in [0.5, 0.6) is 5.75 Å². The Hall–Kier alpha value is -2.67. The number of methoxy groups -OCH3 is 1. The van der Waals surface area contributed by atoms with Crippen molar-refractivity contribution in [1.82, 2.24) is 0 Å². The zero-order valence-electron chi connectivity index (χ0n) is 19.7. The zero-order valence-corrected chi connectivity index (χ0v) is 19.7. The lowest BCUT2D eigenvalue weighted by Crippen LogP contribution is -2.28. The average Bonchev–Trinajstić information content (AvgIpc) is 2.75. The molecular formula is C25H36O7. The Morgan fingerprint density at radius 1 is 1.25 bits per heavy atom. The van der Waals surface area contributed by atoms with Gasteiger partial charge in [-0.2, -0.15) is 0 Å². The molecular weight excluding hydrogens is 412 g/mol. The predicted octanol–water partition coefficient (Wildman–Crippen LogP) is 4.66. The van der Waals surface area contributed by atoms with Crippen LogP contribution in [0.2, 0.25) is 0 Å². The van der Waals surface area contributed by atoms with Crippen molar-refractivity contribution < 1.29 is 29.0 Å². The quantitative estimate of drug-likeness (QED) is 0.148. The van der Waals surface area contributed by atoms with Gasteiger partial charge < -0.3 is 19.4 Å². The van der Waals surface area contributed by atoms with Crippen LogP contribution in [-0.2, 0) is 9.53 Å². The molecule has 7 nitrogen and oxygen atoms in total. The molecule has 7 heteroatoms. The first kappa shape index (κ1) is 27.4. The van der Waals surface area contributed by atoms with Crippen molar-refractivity contribution in [2.24, 2.45) is 5.92 Å². The number of carbonyl (C=O) groups excluding carboxylic acids is 2. The minimum Gasteiger partial charge on any atom is -0.507 e. The maximum atomic E-state index is 12.8. The van der Waals surface area contributed by atoms with Crippen LogP contribution >= 0.6 is 0 Å². The number of esters is 1. The average molecular weight is 449 g/mol. The van der Waals surface area contributed by atoms with E-state index in [0.717, 1.165) is 31.3 Å². The largest absolute Gasteiger partial charge is 0.507 e. The number of aromatic hydroxyl groups is 1. The van der Waals surface area contributed by atoms with Gasteiger partial charge in [0, 0.05) is 24.0 Å². The number of carbonyl (C=O) groups is 2. The third-order valence-corrected chi connectivity index (χ3v) is 5.46. The lowest BCUT2D eigenvalue weighted by Gasteiger charge is -2.16. The molecule has 0 spiro atoms. The first-order valence-corrected chi connectivity index (χ1v) is 11.1. The second-order valence-electron chi connectivity index (χ2n) is 8.21. The number of hydrogen-bond donors (Lipinski definition) is 2. The molecule has 178 valence electrons. The van der Waals surface area contributed by atoms with E-state index < -0.39 is 40.7 Å². The van der Waals surface area contributed by atoms with E-state index in [-0.39, 0.29) is 11.7 Å². The Kier molecular flexibility index (Phi) is 11.7. The van der Waals surface area contributed by atoms with E-state index in [1.54, 1.807) is 12.2 Å². The number of unbranched alkanes of at least 4 members (excludes halogenated alkanes) is 2. The molecule has 1 aromatic rings. The molecule has 0 fully saturated rings. The highest BCUT2D eigenvalue weighted by Crippen LogP contribution is 2.27. The second-order valence-corrected chi connectivity index (χ2v) is 8.21. The van der Waals surface area contributed by atoms with Gasteiger partial charge in [0.1, 0.15) is 17.1 Å². The van der Waals surface area contributed by atoms with Crippen LogP contribution in [0, 0.1) is 5.92 Å². The summed E-state index contributed by atoms with van der Waals surface area (Å²) in [6.07, 6.45) is 8.66. The van der Waals surface area contributed by atoms with Gasteiger partial charge in [0.05, 0.1) is 13.2 Å². The van der Waals surface area contributed by atoms with Crippen LogP contribution in [0.4, 0.5) is 0 Å². The lowest BCUT2D eigenvalue weighted by atomic mass is 9.92. The van der Waals surface area contributed by atoms with Crippen LogP contribution in [0.15, 0.2) is 39.1 Å². The first-order chi connectivity index (χ1) is 15.1. The molecule has 0 aliphatic heterocycles. The van der Waals surface area contributed by atoms with Crippen molar-refractivity contribution in [2.75, 3.05) is 7.11 Å². The molecule has 1 rings (SSSR count). The molecule has 32 heavy (non-hydrogen) atoms. The molecule has 2 N–H and O–H groups in total. The van der Waals surface area contributed by atoms with E-state index in [4.69, 9.17) is 4.42 Å². The topological polar surface area (TPSA) is 114 Å². The van der Waals surface area contributed by atoms with Crippen molar-refractivity contribution in [2.45, 2.75) is 78.2 Å². The van der Waals surface area contributed by atoms with Crippen molar-refractivity contribution in [3.8, 4) is 5.75 Å². The number of allylic oxidation sites excluding steroid dienone is 2. The maximum absolute atomic E-state index is 12.8. The lowest BCUT2D eigenvalue weighted by molar-refractivity contribution is -0.134. The van der Waals surface area contributed by atoms with E-state index >= 15 is 0 Å². The van der Waals surface area contributed by atoms with Gasteiger partial charge in [-0.25, -0.2) is 9.59 Å². The Bertz CT molecular complexity index is 879. The molecule has 1 aromatic heterocycles. The summed E-state index contributed by atoms with van der Waals surface area (Å²) in [7, 11) is 1.29. The van der Waals surface area contributed by atoms with Crippen LogP contribution < -0.4 is 5.63 Å². The summed E-state index contributed by atoms with van der Waals surface area (Å²) in [6.45, 7) is 7.34. The molecule has 0 bridgehead atoms. The number of ketones is 1. The summed E-state index contributed by atoms with van der Waals surface area (Å²) >= 11 is 0. The van der Waals surface area contributed by atoms with Gasteiger partial charge in [-0.05, 0) is 32.6 Å². The van der Waals surface area contributed by atoms with Gasteiger partial charge in [0.15, 0.2) is 5.78 Å². The zero-order chi connectivity index (χ0) is 24.3. The third kappa shape index (κ3) is 8.46. The van der Waals surface area contributed by atoms with Gasteiger partial charge >= 0.3 is 11.6 Å². The molecule has 0 amide bonds. The van der Waals surface area contributed by atoms with Crippen LogP contribution in [0.3, 0.4) is 0 Å². The van der Waals surface area contributed by atoms with Crippen LogP contribution in [0.25, 0.3) is 0 Å². The Balaban J connectivity index is 2.90. The summed E-state index contributed by atoms with van der Waals surface area (Å²) < 4.78 is 9.81. The van der Waals surface area contributed by atoms with E-state index in [2.05, 4.69) is 11.7 Å². The number of ether oxygens (including phenoxy) is 1. The van der Waals surface area contributed by atoms with Crippen molar-refractivity contribution in [3.05, 3.63) is 51.6 Å². The highest BCUT2D eigenvalue weighted by atomic mass is 16.5. The minimum absolute atomic E-state index is 0.225.